The van der Waals surface area contributed by atoms with Crippen molar-refractivity contribution in [2.75, 3.05) is 0 Å². The summed E-state index contributed by atoms with van der Waals surface area (Å²) in [4.78, 5) is 0. The van der Waals surface area contributed by atoms with Crippen molar-refractivity contribution >= 4 is 33.1 Å². The fourth-order valence-electron chi connectivity index (χ4n) is 2.10. The predicted molar refractivity (Wildman–Crippen MR) is 66.4 cm³/mol. The van der Waals surface area contributed by atoms with Gasteiger partial charge in [0.05, 0.1) is 0 Å². The normalized spacial score (nSPS) is 11.2. The van der Waals surface area contributed by atoms with E-state index in [1.54, 1.807) is 24.3 Å². The molecule has 17 heavy (non-hydrogen) atoms. The van der Waals surface area contributed by atoms with Gasteiger partial charge >= 0.3 is 0 Å². The molecule has 0 radical (unpaired) electrons. The monoisotopic (exact) mass is 248 g/mol. The van der Waals surface area contributed by atoms with Crippen molar-refractivity contribution in [3.63, 3.8) is 0 Å². The van der Waals surface area contributed by atoms with Crippen molar-refractivity contribution in [3.8, 4) is 0 Å². The lowest BCUT2D eigenvalue weighted by atomic mass is 10.0. The highest BCUT2D eigenvalue weighted by molar-refractivity contribution is 6.36. The molecule has 0 spiro atoms. The molecule has 0 amide bonds. The second kappa shape index (κ2) is 3.67. The molecule has 0 heterocycles. The highest BCUT2D eigenvalue weighted by Gasteiger charge is 2.11. The fraction of sp³-hybridized carbons (Fsp3) is 0. The van der Waals surface area contributed by atoms with Crippen LogP contribution in [0.4, 0.5) is 8.78 Å². The lowest BCUT2D eigenvalue weighted by molar-refractivity contribution is 0.632. The summed E-state index contributed by atoms with van der Waals surface area (Å²) in [6, 6.07) is 10.9. The smallest absolute Gasteiger partial charge is 0.131 e. The number of hydrogen-bond donors (Lipinski definition) is 0. The number of benzene rings is 3. The Balaban J connectivity index is 2.68. The van der Waals surface area contributed by atoms with Crippen LogP contribution in [0.25, 0.3) is 21.5 Å². The largest absolute Gasteiger partial charge is 0.206 e. The molecule has 0 unspecified atom stereocenters. The summed E-state index contributed by atoms with van der Waals surface area (Å²) in [7, 11) is 0. The van der Waals surface area contributed by atoms with E-state index in [2.05, 4.69) is 0 Å². The summed E-state index contributed by atoms with van der Waals surface area (Å²) >= 11 is 5.99. The summed E-state index contributed by atoms with van der Waals surface area (Å²) in [6.45, 7) is 0. The molecule has 3 rings (SSSR count). The number of rotatable bonds is 0. The van der Waals surface area contributed by atoms with Crippen LogP contribution in [0, 0.1) is 11.6 Å². The van der Waals surface area contributed by atoms with Gasteiger partial charge in [0.2, 0.25) is 0 Å². The SMILES string of the molecule is Fc1cccc2ccc3c(Cl)ccc(F)c3c12. The zero-order valence-corrected chi connectivity index (χ0v) is 9.43. The Kier molecular flexibility index (Phi) is 2.26. The van der Waals surface area contributed by atoms with Crippen LogP contribution in [-0.2, 0) is 0 Å². The van der Waals surface area contributed by atoms with Crippen molar-refractivity contribution in [2.24, 2.45) is 0 Å². The Morgan fingerprint density at radius 2 is 1.53 bits per heavy atom. The number of halogens is 3. The molecule has 0 nitrogen and oxygen atoms in total. The van der Waals surface area contributed by atoms with Gasteiger partial charge < -0.3 is 0 Å². The Labute approximate surface area is 101 Å². The van der Waals surface area contributed by atoms with Gasteiger partial charge in [-0.15, -0.1) is 0 Å². The van der Waals surface area contributed by atoms with E-state index in [1.165, 1.54) is 18.2 Å². The highest BCUT2D eigenvalue weighted by Crippen LogP contribution is 2.33. The summed E-state index contributed by atoms with van der Waals surface area (Å²) in [6.07, 6.45) is 0. The van der Waals surface area contributed by atoms with Crippen LogP contribution in [0.15, 0.2) is 42.5 Å². The van der Waals surface area contributed by atoms with E-state index < -0.39 is 11.6 Å². The molecule has 0 saturated heterocycles. The topological polar surface area (TPSA) is 0 Å². The average Bonchev–Trinajstić information content (AvgIpc) is 2.33. The van der Waals surface area contributed by atoms with Crippen LogP contribution in [0.2, 0.25) is 5.02 Å². The first-order chi connectivity index (χ1) is 8.18. The first-order valence-electron chi connectivity index (χ1n) is 5.13. The number of fused-ring (bicyclic) bond motifs is 3. The molecule has 0 atom stereocenters. The second-order valence-corrected chi connectivity index (χ2v) is 4.26. The first kappa shape index (κ1) is 10.5. The molecule has 3 aromatic rings. The van der Waals surface area contributed by atoms with E-state index in [-0.39, 0.29) is 10.8 Å². The van der Waals surface area contributed by atoms with Gasteiger partial charge in [0, 0.05) is 21.2 Å². The maximum atomic E-state index is 13.9. The van der Waals surface area contributed by atoms with Crippen LogP contribution in [0.1, 0.15) is 0 Å². The molecule has 0 aromatic heterocycles. The molecule has 0 bridgehead atoms. The van der Waals surface area contributed by atoms with Crippen molar-refractivity contribution < 1.29 is 8.78 Å². The third-order valence-corrected chi connectivity index (χ3v) is 3.20. The summed E-state index contributed by atoms with van der Waals surface area (Å²) < 4.78 is 27.7. The summed E-state index contributed by atoms with van der Waals surface area (Å²) in [5.74, 6) is -0.894. The summed E-state index contributed by atoms with van der Waals surface area (Å²) in [5.41, 5.74) is 0. The Morgan fingerprint density at radius 1 is 0.765 bits per heavy atom. The molecule has 0 saturated carbocycles. The lowest BCUT2D eigenvalue weighted by Gasteiger charge is -2.07. The van der Waals surface area contributed by atoms with Gasteiger partial charge in [-0.3, -0.25) is 0 Å². The molecule has 0 aliphatic rings. The molecule has 0 N–H and O–H groups in total. The minimum atomic E-state index is -0.458. The number of hydrogen-bond acceptors (Lipinski definition) is 0. The minimum absolute atomic E-state index is 0.244. The van der Waals surface area contributed by atoms with Gasteiger partial charge in [0.15, 0.2) is 0 Å². The zero-order chi connectivity index (χ0) is 12.0. The van der Waals surface area contributed by atoms with Crippen molar-refractivity contribution in [1.82, 2.24) is 0 Å². The van der Waals surface area contributed by atoms with Crippen molar-refractivity contribution in [3.05, 3.63) is 59.1 Å². The van der Waals surface area contributed by atoms with E-state index in [9.17, 15) is 8.78 Å². The average molecular weight is 249 g/mol. The molecule has 3 heteroatoms. The molecule has 0 fully saturated rings. The van der Waals surface area contributed by atoms with Crippen LogP contribution in [-0.4, -0.2) is 0 Å². The van der Waals surface area contributed by atoms with Crippen LogP contribution >= 0.6 is 11.6 Å². The van der Waals surface area contributed by atoms with Gasteiger partial charge in [0.25, 0.3) is 0 Å². The Morgan fingerprint density at radius 3 is 2.35 bits per heavy atom. The molecule has 3 aromatic carbocycles. The fourth-order valence-corrected chi connectivity index (χ4v) is 2.32. The lowest BCUT2D eigenvalue weighted by Crippen LogP contribution is -1.86. The third kappa shape index (κ3) is 1.48. The second-order valence-electron chi connectivity index (χ2n) is 3.86. The molecule has 84 valence electrons. The molecular formula is C14H7ClF2. The maximum Gasteiger partial charge on any atom is 0.131 e. The first-order valence-corrected chi connectivity index (χ1v) is 5.51. The quantitative estimate of drug-likeness (QED) is 0.495. The van der Waals surface area contributed by atoms with Crippen LogP contribution < -0.4 is 0 Å². The maximum absolute atomic E-state index is 13.9. The summed E-state index contributed by atoms with van der Waals surface area (Å²) in [5, 5.41) is 2.15. The van der Waals surface area contributed by atoms with Gasteiger partial charge in [-0.1, -0.05) is 35.9 Å². The van der Waals surface area contributed by atoms with E-state index in [0.717, 1.165) is 0 Å². The molecule has 0 aliphatic carbocycles. The highest BCUT2D eigenvalue weighted by atomic mass is 35.5. The van der Waals surface area contributed by atoms with Gasteiger partial charge in [-0.05, 0) is 23.6 Å². The van der Waals surface area contributed by atoms with E-state index in [1.807, 2.05) is 0 Å². The van der Waals surface area contributed by atoms with Gasteiger partial charge in [-0.25, -0.2) is 8.78 Å². The Bertz CT molecular complexity index is 735. The zero-order valence-electron chi connectivity index (χ0n) is 8.68. The van der Waals surface area contributed by atoms with E-state index in [4.69, 9.17) is 11.6 Å². The van der Waals surface area contributed by atoms with E-state index in [0.29, 0.717) is 15.8 Å². The van der Waals surface area contributed by atoms with E-state index >= 15 is 0 Å². The van der Waals surface area contributed by atoms with Crippen molar-refractivity contribution in [2.45, 2.75) is 0 Å². The van der Waals surface area contributed by atoms with Crippen LogP contribution in [0.5, 0.6) is 0 Å². The van der Waals surface area contributed by atoms with Gasteiger partial charge in [-0.2, -0.15) is 0 Å². The minimum Gasteiger partial charge on any atom is -0.206 e. The van der Waals surface area contributed by atoms with Crippen LogP contribution in [0.3, 0.4) is 0 Å². The third-order valence-electron chi connectivity index (χ3n) is 2.87. The molecular weight excluding hydrogens is 242 g/mol. The van der Waals surface area contributed by atoms with Gasteiger partial charge in [0.1, 0.15) is 11.6 Å². The standard InChI is InChI=1S/C14H7ClF2/c15-10-6-7-12(17)14-9(10)5-4-8-2-1-3-11(16)13(8)14/h1-7H. The molecule has 0 aliphatic heterocycles. The Hall–Kier alpha value is -1.67. The predicted octanol–water partition coefficient (Wildman–Crippen LogP) is 4.92. The van der Waals surface area contributed by atoms with Crippen molar-refractivity contribution in [1.29, 1.82) is 0 Å².